The van der Waals surface area contributed by atoms with E-state index >= 15 is 0 Å². The lowest BCUT2D eigenvalue weighted by Gasteiger charge is -2.05. The molecule has 0 saturated carbocycles. The number of hydrogen-bond acceptors (Lipinski definition) is 6. The minimum Gasteiger partial charge on any atom is -0.494 e. The summed E-state index contributed by atoms with van der Waals surface area (Å²) in [6, 6.07) is 23.4. The molecule has 0 saturated heterocycles. The first-order valence-corrected chi connectivity index (χ1v) is 13.5. The molecule has 0 aliphatic rings. The number of aromatic nitrogens is 5. The Morgan fingerprint density at radius 2 is 1.69 bits per heavy atom. The molecule has 9 heteroatoms. The minimum absolute atomic E-state index is 0.259. The van der Waals surface area contributed by atoms with Gasteiger partial charge in [0.25, 0.3) is 5.56 Å². The van der Waals surface area contributed by atoms with Gasteiger partial charge < -0.3 is 4.74 Å². The Morgan fingerprint density at radius 1 is 0.949 bits per heavy atom. The first-order chi connectivity index (χ1) is 19.1. The zero-order valence-corrected chi connectivity index (χ0v) is 21.9. The Bertz CT molecular complexity index is 1840. The molecule has 7 nitrogen and oxygen atoms in total. The number of nitrogens with zero attached hydrogens (tertiary/aromatic N) is 5. The van der Waals surface area contributed by atoms with Crippen LogP contribution in [0, 0.1) is 5.82 Å². The zero-order chi connectivity index (χ0) is 26.8. The molecule has 0 spiro atoms. The van der Waals surface area contributed by atoms with Crippen LogP contribution in [-0.4, -0.2) is 31.0 Å². The number of fused-ring (bicyclic) bond motifs is 1. The highest BCUT2D eigenvalue weighted by molar-refractivity contribution is 7.15. The maximum absolute atomic E-state index is 13.6. The van der Waals surface area contributed by atoms with Crippen molar-refractivity contribution in [3.63, 3.8) is 0 Å². The van der Waals surface area contributed by atoms with Crippen LogP contribution in [0.1, 0.15) is 25.3 Å². The van der Waals surface area contributed by atoms with E-state index in [2.05, 4.69) is 17.0 Å². The first-order valence-electron chi connectivity index (χ1n) is 12.6. The maximum Gasteiger partial charge on any atom is 0.291 e. The van der Waals surface area contributed by atoms with Crippen LogP contribution in [0.4, 0.5) is 4.39 Å². The fraction of sp³-hybridized carbons (Fsp3) is 0.133. The van der Waals surface area contributed by atoms with Crippen molar-refractivity contribution < 1.29 is 9.13 Å². The number of benzene rings is 3. The first kappa shape index (κ1) is 24.7. The molecule has 3 aromatic heterocycles. The highest BCUT2D eigenvalue weighted by atomic mass is 32.1. The Kier molecular flexibility index (Phi) is 6.73. The summed E-state index contributed by atoms with van der Waals surface area (Å²) in [7, 11) is 0. The van der Waals surface area contributed by atoms with Crippen molar-refractivity contribution in [1.82, 2.24) is 24.4 Å². The average molecular weight is 538 g/mol. The van der Waals surface area contributed by atoms with E-state index in [0.717, 1.165) is 41.0 Å². The molecule has 6 aromatic rings. The van der Waals surface area contributed by atoms with Crippen LogP contribution < -0.4 is 14.8 Å². The standard InChI is InChI=1S/C30H24FN5O2S/c1-2-3-17-38-25-15-11-21(12-16-25)28-32-30-36(34-28)29(37)26(39-30)18-22-19-35(24-7-5-4-6-8-24)33-27(22)20-9-13-23(31)14-10-20/h4-16,18-19H,2-3,17H2,1H3/b26-18-. The van der Waals surface area contributed by atoms with Crippen molar-refractivity contribution in [2.45, 2.75) is 19.8 Å². The summed E-state index contributed by atoms with van der Waals surface area (Å²) in [4.78, 5) is 18.4. The van der Waals surface area contributed by atoms with Gasteiger partial charge in [-0.3, -0.25) is 4.79 Å². The molecular formula is C30H24FN5O2S. The van der Waals surface area contributed by atoms with E-state index in [0.29, 0.717) is 27.6 Å². The maximum atomic E-state index is 13.6. The summed E-state index contributed by atoms with van der Waals surface area (Å²) < 4.78 is 22.9. The molecule has 0 atom stereocenters. The Hall–Kier alpha value is -4.63. The van der Waals surface area contributed by atoms with Crippen LogP contribution in [0.5, 0.6) is 5.75 Å². The average Bonchev–Trinajstić information content (AvgIpc) is 3.65. The molecule has 0 unspecified atom stereocenters. The van der Waals surface area contributed by atoms with E-state index in [-0.39, 0.29) is 11.4 Å². The third-order valence-corrected chi connectivity index (χ3v) is 7.19. The third kappa shape index (κ3) is 5.08. The molecule has 0 bridgehead atoms. The van der Waals surface area contributed by atoms with Crippen LogP contribution in [0.2, 0.25) is 0 Å². The van der Waals surface area contributed by atoms with Gasteiger partial charge >= 0.3 is 0 Å². The van der Waals surface area contributed by atoms with Gasteiger partial charge in [0.05, 0.1) is 16.8 Å². The molecule has 3 aromatic carbocycles. The van der Waals surface area contributed by atoms with E-state index < -0.39 is 0 Å². The summed E-state index contributed by atoms with van der Waals surface area (Å²) in [5.41, 5.74) is 3.53. The number of hydrogen-bond donors (Lipinski definition) is 0. The third-order valence-electron chi connectivity index (χ3n) is 6.23. The fourth-order valence-corrected chi connectivity index (χ4v) is 5.07. The normalized spacial score (nSPS) is 11.9. The second-order valence-corrected chi connectivity index (χ2v) is 10.0. The highest BCUT2D eigenvalue weighted by Gasteiger charge is 2.15. The van der Waals surface area contributed by atoms with Crippen molar-refractivity contribution in [3.8, 4) is 34.1 Å². The molecule has 0 N–H and O–H groups in total. The van der Waals surface area contributed by atoms with Gasteiger partial charge in [0, 0.05) is 22.9 Å². The Labute approximate surface area is 227 Å². The van der Waals surface area contributed by atoms with Gasteiger partial charge in [-0.1, -0.05) is 42.9 Å². The van der Waals surface area contributed by atoms with E-state index in [1.165, 1.54) is 28.0 Å². The second kappa shape index (κ2) is 10.6. The van der Waals surface area contributed by atoms with Crippen molar-refractivity contribution in [2.24, 2.45) is 0 Å². The minimum atomic E-state index is -0.325. The zero-order valence-electron chi connectivity index (χ0n) is 21.1. The lowest BCUT2D eigenvalue weighted by molar-refractivity contribution is 0.309. The van der Waals surface area contributed by atoms with Crippen molar-refractivity contribution in [1.29, 1.82) is 0 Å². The molecule has 0 fully saturated rings. The van der Waals surface area contributed by atoms with Gasteiger partial charge in [0.15, 0.2) is 5.82 Å². The predicted molar refractivity (Wildman–Crippen MR) is 151 cm³/mol. The van der Waals surface area contributed by atoms with Gasteiger partial charge in [0.2, 0.25) is 4.96 Å². The predicted octanol–water partition coefficient (Wildman–Crippen LogP) is 5.54. The number of ether oxygens (including phenoxy) is 1. The molecule has 39 heavy (non-hydrogen) atoms. The van der Waals surface area contributed by atoms with Gasteiger partial charge in [-0.05, 0) is 73.2 Å². The molecule has 0 radical (unpaired) electrons. The summed E-state index contributed by atoms with van der Waals surface area (Å²) in [6.45, 7) is 2.80. The summed E-state index contributed by atoms with van der Waals surface area (Å²) in [6.07, 6.45) is 5.73. The molecular weight excluding hydrogens is 513 g/mol. The van der Waals surface area contributed by atoms with Crippen LogP contribution in [0.15, 0.2) is 89.9 Å². The number of thiazole rings is 1. The van der Waals surface area contributed by atoms with Gasteiger partial charge in [0.1, 0.15) is 17.3 Å². The summed E-state index contributed by atoms with van der Waals surface area (Å²) in [5, 5.41) is 9.22. The topological polar surface area (TPSA) is 74.3 Å². The summed E-state index contributed by atoms with van der Waals surface area (Å²) >= 11 is 1.26. The molecule has 3 heterocycles. The fourth-order valence-electron chi connectivity index (χ4n) is 4.17. The quantitative estimate of drug-likeness (QED) is 0.239. The number of para-hydroxylation sites is 1. The van der Waals surface area contributed by atoms with E-state index in [1.807, 2.05) is 60.8 Å². The van der Waals surface area contributed by atoms with Crippen LogP contribution >= 0.6 is 11.3 Å². The van der Waals surface area contributed by atoms with Crippen molar-refractivity contribution in [2.75, 3.05) is 6.61 Å². The van der Waals surface area contributed by atoms with Crippen LogP contribution in [-0.2, 0) is 0 Å². The van der Waals surface area contributed by atoms with E-state index in [9.17, 15) is 9.18 Å². The number of rotatable bonds is 8. The van der Waals surface area contributed by atoms with Gasteiger partial charge in [-0.15, -0.1) is 5.10 Å². The SMILES string of the molecule is CCCCOc1ccc(-c2nc3s/c(=C\c4cn(-c5ccccc5)nc4-c4ccc(F)cc4)c(=O)n3n2)cc1. The van der Waals surface area contributed by atoms with Gasteiger partial charge in [-0.25, -0.2) is 9.07 Å². The van der Waals surface area contributed by atoms with Crippen LogP contribution in [0.25, 0.3) is 39.4 Å². The number of halogens is 1. The van der Waals surface area contributed by atoms with Crippen molar-refractivity contribution in [3.05, 3.63) is 111 Å². The van der Waals surface area contributed by atoms with E-state index in [4.69, 9.17) is 9.84 Å². The second-order valence-electron chi connectivity index (χ2n) is 8.99. The van der Waals surface area contributed by atoms with Gasteiger partial charge in [-0.2, -0.15) is 14.6 Å². The smallest absolute Gasteiger partial charge is 0.291 e. The highest BCUT2D eigenvalue weighted by Crippen LogP contribution is 2.25. The van der Waals surface area contributed by atoms with Crippen molar-refractivity contribution >= 4 is 22.4 Å². The molecule has 0 amide bonds. The number of unbranched alkanes of at least 4 members (excludes halogenated alkanes) is 1. The lowest BCUT2D eigenvalue weighted by atomic mass is 10.1. The monoisotopic (exact) mass is 537 g/mol. The Balaban J connectivity index is 1.37. The molecule has 0 aliphatic heterocycles. The van der Waals surface area contributed by atoms with Crippen LogP contribution in [0.3, 0.4) is 0 Å². The lowest BCUT2D eigenvalue weighted by Crippen LogP contribution is -2.23. The Morgan fingerprint density at radius 3 is 2.41 bits per heavy atom. The largest absolute Gasteiger partial charge is 0.494 e. The molecule has 6 rings (SSSR count). The molecule has 194 valence electrons. The van der Waals surface area contributed by atoms with E-state index in [1.54, 1.807) is 22.9 Å². The molecule has 0 aliphatic carbocycles. The summed E-state index contributed by atoms with van der Waals surface area (Å²) in [5.74, 6) is 0.949.